The topological polar surface area (TPSA) is 98.7 Å². The van der Waals surface area contributed by atoms with Gasteiger partial charge in [0.1, 0.15) is 6.04 Å². The summed E-state index contributed by atoms with van der Waals surface area (Å²) in [6, 6.07) is -1.10. The third kappa shape index (κ3) is 3.44. The van der Waals surface area contributed by atoms with Gasteiger partial charge >= 0.3 is 0 Å². The van der Waals surface area contributed by atoms with Crippen molar-refractivity contribution in [3.05, 3.63) is 0 Å². The lowest BCUT2D eigenvalue weighted by molar-refractivity contribution is -0.144. The number of aliphatic hydroxyl groups excluding tert-OH is 1. The fourth-order valence-corrected chi connectivity index (χ4v) is 8.22. The Morgan fingerprint density at radius 1 is 1.27 bits per heavy atom. The van der Waals surface area contributed by atoms with Crippen molar-refractivity contribution in [1.29, 1.82) is 0 Å². The van der Waals surface area contributed by atoms with E-state index in [0.717, 1.165) is 32.1 Å². The Kier molecular flexibility index (Phi) is 6.77. The Labute approximate surface area is 184 Å². The van der Waals surface area contributed by atoms with Crippen LogP contribution in [0.2, 0.25) is 0 Å². The van der Waals surface area contributed by atoms with Gasteiger partial charge in [-0.2, -0.15) is 0 Å². The van der Waals surface area contributed by atoms with Gasteiger partial charge in [-0.1, -0.05) is 33.6 Å². The summed E-state index contributed by atoms with van der Waals surface area (Å²) in [4.78, 5) is 41.8. The fourth-order valence-electron chi connectivity index (χ4n) is 5.88. The van der Waals surface area contributed by atoms with Crippen molar-refractivity contribution < 1.29 is 19.5 Å². The standard InChI is InChI=1S/C22H37N3O4S/c1-6-7-8-11-24-19(28)17-22-10-9-21(4,30-22)15(18(27)23-5)16(22)20(29)25(17)14(12-26)13(2)3/h13-17,26H,6-12H2,1-5H3,(H,23,27)(H,24,28)/t14-,15+,16-,17?,21-,22?/m0/s1. The number of aliphatic hydroxyl groups is 1. The zero-order valence-electron chi connectivity index (χ0n) is 18.9. The molecule has 7 nitrogen and oxygen atoms in total. The molecule has 0 aromatic carbocycles. The predicted molar refractivity (Wildman–Crippen MR) is 118 cm³/mol. The number of likely N-dealkylation sites (tertiary alicyclic amines) is 1. The van der Waals surface area contributed by atoms with Crippen LogP contribution in [0, 0.1) is 17.8 Å². The number of carbonyl (C=O) groups excluding carboxylic acids is 3. The SMILES string of the molecule is CCCCCNC(=O)C1N([C@@H](CO)C(C)C)C(=O)[C@@H]2[C@H](C(=O)NC)[C@]3(C)CCC12S3. The molecular formula is C22H37N3O4S. The van der Waals surface area contributed by atoms with Gasteiger partial charge < -0.3 is 20.6 Å². The van der Waals surface area contributed by atoms with Crippen molar-refractivity contribution in [2.45, 2.75) is 81.4 Å². The third-order valence-electron chi connectivity index (χ3n) is 7.39. The fraction of sp³-hybridized carbons (Fsp3) is 0.864. The van der Waals surface area contributed by atoms with Crippen molar-refractivity contribution in [2.75, 3.05) is 20.2 Å². The molecule has 1 spiro atoms. The highest BCUT2D eigenvalue weighted by molar-refractivity contribution is 8.02. The van der Waals surface area contributed by atoms with Crippen molar-refractivity contribution in [1.82, 2.24) is 15.5 Å². The highest BCUT2D eigenvalue weighted by Gasteiger charge is 2.77. The second-order valence-electron chi connectivity index (χ2n) is 9.58. The minimum Gasteiger partial charge on any atom is -0.394 e. The van der Waals surface area contributed by atoms with Crippen LogP contribution in [0.25, 0.3) is 0 Å². The molecule has 2 unspecified atom stereocenters. The number of nitrogens with one attached hydrogen (secondary N) is 2. The molecule has 3 amide bonds. The van der Waals surface area contributed by atoms with Crippen LogP contribution in [0.5, 0.6) is 0 Å². The van der Waals surface area contributed by atoms with Gasteiger partial charge in [-0.3, -0.25) is 14.4 Å². The van der Waals surface area contributed by atoms with E-state index in [4.69, 9.17) is 0 Å². The van der Waals surface area contributed by atoms with E-state index in [9.17, 15) is 19.5 Å². The molecule has 30 heavy (non-hydrogen) atoms. The van der Waals surface area contributed by atoms with Crippen LogP contribution in [0.1, 0.15) is 59.8 Å². The zero-order valence-corrected chi connectivity index (χ0v) is 19.7. The lowest BCUT2D eigenvalue weighted by Gasteiger charge is -2.38. The molecule has 170 valence electrons. The summed E-state index contributed by atoms with van der Waals surface area (Å²) in [7, 11) is 1.61. The molecule has 3 saturated heterocycles. The van der Waals surface area contributed by atoms with E-state index in [2.05, 4.69) is 24.5 Å². The smallest absolute Gasteiger partial charge is 0.244 e. The van der Waals surface area contributed by atoms with E-state index >= 15 is 0 Å². The van der Waals surface area contributed by atoms with Crippen LogP contribution in [0.15, 0.2) is 0 Å². The molecule has 0 saturated carbocycles. The quantitative estimate of drug-likeness (QED) is 0.473. The lowest BCUT2D eigenvalue weighted by atomic mass is 9.66. The second kappa shape index (κ2) is 8.69. The average molecular weight is 440 g/mol. The van der Waals surface area contributed by atoms with Gasteiger partial charge in [0.05, 0.1) is 29.2 Å². The minimum absolute atomic E-state index is 0.000747. The molecule has 3 aliphatic rings. The second-order valence-corrected chi connectivity index (χ2v) is 11.5. The van der Waals surface area contributed by atoms with Crippen molar-refractivity contribution in [3.63, 3.8) is 0 Å². The number of carbonyl (C=O) groups is 3. The number of hydrogen-bond acceptors (Lipinski definition) is 5. The summed E-state index contributed by atoms with van der Waals surface area (Å²) in [6.07, 6.45) is 4.55. The molecule has 6 atom stereocenters. The number of fused-ring (bicyclic) bond motifs is 1. The largest absolute Gasteiger partial charge is 0.394 e. The van der Waals surface area contributed by atoms with Crippen molar-refractivity contribution in [2.24, 2.45) is 17.8 Å². The van der Waals surface area contributed by atoms with Crippen molar-refractivity contribution in [3.8, 4) is 0 Å². The average Bonchev–Trinajstić information content (AvgIpc) is 3.26. The number of unbranched alkanes of at least 4 members (excludes halogenated alkanes) is 2. The zero-order chi connectivity index (χ0) is 22.3. The van der Waals surface area contributed by atoms with Crippen LogP contribution in [-0.4, -0.2) is 69.5 Å². The first kappa shape index (κ1) is 23.4. The molecule has 3 rings (SSSR count). The molecule has 3 fully saturated rings. The predicted octanol–water partition coefficient (Wildman–Crippen LogP) is 1.54. The van der Waals surface area contributed by atoms with E-state index in [-0.39, 0.29) is 35.0 Å². The van der Waals surface area contributed by atoms with Crippen LogP contribution < -0.4 is 10.6 Å². The van der Waals surface area contributed by atoms with Crippen molar-refractivity contribution >= 4 is 29.5 Å². The monoisotopic (exact) mass is 439 g/mol. The molecular weight excluding hydrogens is 402 g/mol. The molecule has 3 aliphatic heterocycles. The molecule has 0 aromatic heterocycles. The first-order valence-electron chi connectivity index (χ1n) is 11.3. The highest BCUT2D eigenvalue weighted by Crippen LogP contribution is 2.71. The van der Waals surface area contributed by atoms with E-state index in [1.807, 2.05) is 13.8 Å². The summed E-state index contributed by atoms with van der Waals surface area (Å²) >= 11 is 1.67. The van der Waals surface area contributed by atoms with Crippen LogP contribution in [0.4, 0.5) is 0 Å². The Morgan fingerprint density at radius 2 is 1.97 bits per heavy atom. The van der Waals surface area contributed by atoms with Gasteiger partial charge in [0.2, 0.25) is 17.7 Å². The summed E-state index contributed by atoms with van der Waals surface area (Å²) in [5, 5.41) is 15.9. The highest BCUT2D eigenvalue weighted by atomic mass is 32.2. The molecule has 2 bridgehead atoms. The maximum Gasteiger partial charge on any atom is 0.244 e. The number of nitrogens with zero attached hydrogens (tertiary/aromatic N) is 1. The van der Waals surface area contributed by atoms with Gasteiger partial charge in [0.25, 0.3) is 0 Å². The summed E-state index contributed by atoms with van der Waals surface area (Å²) < 4.78 is -0.958. The molecule has 8 heteroatoms. The first-order valence-corrected chi connectivity index (χ1v) is 12.1. The van der Waals surface area contributed by atoms with Crippen LogP contribution >= 0.6 is 11.8 Å². The Bertz CT molecular complexity index is 702. The molecule has 0 radical (unpaired) electrons. The van der Waals surface area contributed by atoms with Gasteiger partial charge in [-0.25, -0.2) is 0 Å². The molecule has 0 aromatic rings. The summed E-state index contributed by atoms with van der Waals surface area (Å²) in [5.74, 6) is -1.41. The molecule has 0 aliphatic carbocycles. The van der Waals surface area contributed by atoms with Gasteiger partial charge in [0, 0.05) is 18.3 Å². The number of hydrogen-bond donors (Lipinski definition) is 3. The Hall–Kier alpha value is -1.28. The number of thioether (sulfide) groups is 1. The third-order valence-corrected chi connectivity index (χ3v) is 9.37. The molecule has 3 N–H and O–H groups in total. The van der Waals surface area contributed by atoms with Gasteiger partial charge in [-0.05, 0) is 32.1 Å². The Balaban J connectivity index is 2.01. The van der Waals surface area contributed by atoms with Crippen LogP contribution in [-0.2, 0) is 14.4 Å². The van der Waals surface area contributed by atoms with E-state index in [0.29, 0.717) is 6.54 Å². The van der Waals surface area contributed by atoms with E-state index in [1.165, 1.54) is 0 Å². The normalized spacial score (nSPS) is 35.6. The van der Waals surface area contributed by atoms with Gasteiger partial charge in [0.15, 0.2) is 0 Å². The van der Waals surface area contributed by atoms with Crippen LogP contribution in [0.3, 0.4) is 0 Å². The lowest BCUT2D eigenvalue weighted by Crippen LogP contribution is -2.57. The van der Waals surface area contributed by atoms with E-state index < -0.39 is 28.7 Å². The first-order chi connectivity index (χ1) is 14.2. The van der Waals surface area contributed by atoms with Gasteiger partial charge in [-0.15, -0.1) is 11.8 Å². The Morgan fingerprint density at radius 3 is 2.53 bits per heavy atom. The summed E-state index contributed by atoms with van der Waals surface area (Å²) in [6.45, 7) is 8.47. The maximum atomic E-state index is 13.8. The number of rotatable bonds is 9. The number of amides is 3. The van der Waals surface area contributed by atoms with E-state index in [1.54, 1.807) is 23.7 Å². The molecule has 3 heterocycles. The summed E-state index contributed by atoms with van der Waals surface area (Å²) in [5.41, 5.74) is 0. The maximum absolute atomic E-state index is 13.8. The minimum atomic E-state index is -0.655.